The van der Waals surface area contributed by atoms with Crippen LogP contribution in [0.15, 0.2) is 83.3 Å². The first-order valence-corrected chi connectivity index (χ1v) is 12.7. The van der Waals surface area contributed by atoms with Crippen LogP contribution in [0.1, 0.15) is 16.7 Å². The van der Waals surface area contributed by atoms with E-state index in [0.29, 0.717) is 0 Å². The third kappa shape index (κ3) is 3.48. The van der Waals surface area contributed by atoms with Gasteiger partial charge in [0.1, 0.15) is 16.9 Å². The summed E-state index contributed by atoms with van der Waals surface area (Å²) in [7, 11) is 2.07. The van der Waals surface area contributed by atoms with Gasteiger partial charge in [0.25, 0.3) is 5.82 Å². The highest BCUT2D eigenvalue weighted by Gasteiger charge is 2.31. The predicted octanol–water partition coefficient (Wildman–Crippen LogP) is 7.46. The Labute approximate surface area is 218 Å². The van der Waals surface area contributed by atoms with Gasteiger partial charge in [-0.1, -0.05) is 65.3 Å². The highest BCUT2D eigenvalue weighted by Crippen LogP contribution is 2.38. The first kappa shape index (κ1) is 22.0. The van der Waals surface area contributed by atoms with Gasteiger partial charge in [-0.15, -0.1) is 0 Å². The summed E-state index contributed by atoms with van der Waals surface area (Å²) in [6.07, 6.45) is 0. The van der Waals surface area contributed by atoms with Gasteiger partial charge in [-0.3, -0.25) is 0 Å². The molecule has 2 heterocycles. The quantitative estimate of drug-likeness (QED) is 0.164. The fourth-order valence-electron chi connectivity index (χ4n) is 5.11. The molecule has 0 aliphatic rings. The van der Waals surface area contributed by atoms with Crippen molar-refractivity contribution in [1.29, 1.82) is 0 Å². The maximum Gasteiger partial charge on any atom is 0.337 e. The Morgan fingerprint density at radius 2 is 1.46 bits per heavy atom. The minimum absolute atomic E-state index is 0.899. The van der Waals surface area contributed by atoms with Crippen molar-refractivity contribution in [3.8, 4) is 28.2 Å². The molecule has 4 nitrogen and oxygen atoms in total. The van der Waals surface area contributed by atoms with E-state index in [-0.39, 0.29) is 0 Å². The van der Waals surface area contributed by atoms with E-state index in [1.54, 1.807) is 0 Å². The highest BCUT2D eigenvalue weighted by molar-refractivity contribution is 14.1. The van der Waals surface area contributed by atoms with E-state index < -0.39 is 0 Å². The summed E-state index contributed by atoms with van der Waals surface area (Å²) in [5, 5.41) is 7.26. The molecule has 0 unspecified atom stereocenters. The molecule has 0 saturated carbocycles. The Kier molecular flexibility index (Phi) is 5.25. The maximum absolute atomic E-state index is 6.45. The Hall–Kier alpha value is -3.45. The third-order valence-electron chi connectivity index (χ3n) is 6.77. The third-order valence-corrected chi connectivity index (χ3v) is 7.71. The van der Waals surface area contributed by atoms with E-state index in [4.69, 9.17) is 9.52 Å². The Morgan fingerprint density at radius 1 is 0.771 bits per heavy atom. The second-order valence-electron chi connectivity index (χ2n) is 9.12. The number of hydrogen-bond donors (Lipinski definition) is 0. The predicted molar refractivity (Wildman–Crippen MR) is 150 cm³/mol. The van der Waals surface area contributed by atoms with Crippen LogP contribution in [-0.4, -0.2) is 9.78 Å². The van der Waals surface area contributed by atoms with Crippen molar-refractivity contribution in [2.75, 3.05) is 0 Å². The van der Waals surface area contributed by atoms with Crippen LogP contribution in [0.3, 0.4) is 0 Å². The van der Waals surface area contributed by atoms with Crippen LogP contribution in [0.25, 0.3) is 50.1 Å². The van der Waals surface area contributed by atoms with E-state index in [1.807, 2.05) is 12.1 Å². The number of rotatable bonds is 3. The number of halogens is 1. The van der Waals surface area contributed by atoms with Gasteiger partial charge in [0.2, 0.25) is 0 Å². The van der Waals surface area contributed by atoms with Gasteiger partial charge in [0.15, 0.2) is 0 Å². The normalized spacial score (nSPS) is 11.6. The van der Waals surface area contributed by atoms with Crippen molar-refractivity contribution >= 4 is 44.5 Å². The SMILES string of the molecule is Cc1cc(-c2ccccc2)cc(C)c1-n1nc(I)[n+](C)c1-c1c(C)ccc2c1oc1ccccc12. The molecule has 6 rings (SSSR count). The van der Waals surface area contributed by atoms with Gasteiger partial charge in [-0.25, -0.2) is 4.57 Å². The summed E-state index contributed by atoms with van der Waals surface area (Å²) in [4.78, 5) is 0. The molecule has 0 N–H and O–H groups in total. The van der Waals surface area contributed by atoms with Crippen molar-refractivity contribution < 1.29 is 8.98 Å². The number of aromatic nitrogens is 3. The van der Waals surface area contributed by atoms with Crippen LogP contribution in [0.4, 0.5) is 0 Å². The molecule has 0 bridgehead atoms. The Bertz CT molecular complexity index is 1720. The lowest BCUT2D eigenvalue weighted by molar-refractivity contribution is -0.673. The van der Waals surface area contributed by atoms with Crippen molar-refractivity contribution in [3.05, 3.63) is 99.4 Å². The smallest absolute Gasteiger partial charge is 0.337 e. The van der Waals surface area contributed by atoms with Crippen molar-refractivity contribution in [2.24, 2.45) is 7.05 Å². The molecule has 0 aliphatic heterocycles. The molecule has 0 amide bonds. The monoisotopic (exact) mass is 570 g/mol. The molecule has 0 atom stereocenters. The number of furan rings is 1. The Balaban J connectivity index is 1.64. The van der Waals surface area contributed by atoms with Crippen molar-refractivity contribution in [2.45, 2.75) is 20.8 Å². The molecule has 4 aromatic carbocycles. The van der Waals surface area contributed by atoms with E-state index >= 15 is 0 Å². The number of hydrogen-bond acceptors (Lipinski definition) is 2. The molecule has 5 heteroatoms. The molecule has 0 radical (unpaired) electrons. The van der Waals surface area contributed by atoms with Gasteiger partial charge in [-0.05, 0) is 66.8 Å². The molecule has 172 valence electrons. The molecule has 2 aromatic heterocycles. The van der Waals surface area contributed by atoms with Gasteiger partial charge in [0, 0.05) is 33.4 Å². The van der Waals surface area contributed by atoms with Gasteiger partial charge < -0.3 is 4.42 Å². The van der Waals surface area contributed by atoms with Crippen LogP contribution in [0, 0.1) is 24.6 Å². The van der Waals surface area contributed by atoms with E-state index in [9.17, 15) is 0 Å². The summed E-state index contributed by atoms with van der Waals surface area (Å²) in [5.74, 6) is 1.01. The van der Waals surface area contributed by atoms with Crippen molar-refractivity contribution in [3.63, 3.8) is 0 Å². The Morgan fingerprint density at radius 3 is 2.20 bits per heavy atom. The average molecular weight is 570 g/mol. The molecule has 0 saturated heterocycles. The fraction of sp³-hybridized carbons (Fsp3) is 0.133. The lowest BCUT2D eigenvalue weighted by atomic mass is 9.98. The van der Waals surface area contributed by atoms with Crippen LogP contribution in [0.2, 0.25) is 0 Å². The summed E-state index contributed by atoms with van der Waals surface area (Å²) in [6, 6.07) is 27.6. The first-order chi connectivity index (χ1) is 16.9. The topological polar surface area (TPSA) is 34.8 Å². The van der Waals surface area contributed by atoms with E-state index in [1.165, 1.54) is 22.3 Å². The molecule has 6 aromatic rings. The summed E-state index contributed by atoms with van der Waals surface area (Å²) in [5.41, 5.74) is 9.92. The van der Waals surface area contributed by atoms with Crippen LogP contribution < -0.4 is 4.57 Å². The first-order valence-electron chi connectivity index (χ1n) is 11.7. The largest absolute Gasteiger partial charge is 0.455 e. The molecular weight excluding hydrogens is 545 g/mol. The zero-order chi connectivity index (χ0) is 24.3. The second-order valence-corrected chi connectivity index (χ2v) is 10.1. The van der Waals surface area contributed by atoms with Gasteiger partial charge in [0.05, 0.1) is 17.7 Å². The number of aryl methyl sites for hydroxylation is 3. The summed E-state index contributed by atoms with van der Waals surface area (Å²) < 4.78 is 11.6. The van der Waals surface area contributed by atoms with E-state index in [0.717, 1.165) is 48.4 Å². The highest BCUT2D eigenvalue weighted by atomic mass is 127. The molecular formula is C30H25IN3O+. The summed E-state index contributed by atoms with van der Waals surface area (Å²) in [6.45, 7) is 6.48. The minimum Gasteiger partial charge on any atom is -0.455 e. The standard InChI is InChI=1S/C30H25IN3O/c1-18-14-15-24-23-12-8-9-13-25(23)35-28(24)26(18)29-33(4)30(31)32-34(29)27-19(2)16-22(17-20(27)3)21-10-6-5-7-11-21/h5-17H,1-4H3/q+1. The van der Waals surface area contributed by atoms with Crippen molar-refractivity contribution in [1.82, 2.24) is 9.78 Å². The molecule has 35 heavy (non-hydrogen) atoms. The molecule has 0 spiro atoms. The lowest BCUT2D eigenvalue weighted by Gasteiger charge is -2.12. The average Bonchev–Trinajstić information content (AvgIpc) is 3.36. The molecule has 0 fully saturated rings. The van der Waals surface area contributed by atoms with Crippen LogP contribution >= 0.6 is 22.6 Å². The second kappa shape index (κ2) is 8.34. The zero-order valence-corrected chi connectivity index (χ0v) is 22.3. The number of fused-ring (bicyclic) bond motifs is 3. The van der Waals surface area contributed by atoms with Gasteiger partial charge in [-0.2, -0.15) is 0 Å². The lowest BCUT2D eigenvalue weighted by Crippen LogP contribution is -2.33. The fourth-order valence-corrected chi connectivity index (χ4v) is 5.55. The maximum atomic E-state index is 6.45. The number of para-hydroxylation sites is 1. The summed E-state index contributed by atoms with van der Waals surface area (Å²) >= 11 is 2.31. The number of nitrogens with zero attached hydrogens (tertiary/aromatic N) is 3. The minimum atomic E-state index is 0.899. The number of benzene rings is 4. The van der Waals surface area contributed by atoms with Crippen LogP contribution in [0.5, 0.6) is 0 Å². The zero-order valence-electron chi connectivity index (χ0n) is 20.1. The molecule has 0 aliphatic carbocycles. The van der Waals surface area contributed by atoms with E-state index in [2.05, 4.69) is 126 Å². The van der Waals surface area contributed by atoms with Crippen LogP contribution in [-0.2, 0) is 7.05 Å². The van der Waals surface area contributed by atoms with Gasteiger partial charge >= 0.3 is 3.83 Å².